The summed E-state index contributed by atoms with van der Waals surface area (Å²) in [5, 5.41) is 12.1. The highest BCUT2D eigenvalue weighted by Crippen LogP contribution is 2.35. The Morgan fingerprint density at radius 3 is 2.27 bits per heavy atom. The molecule has 0 atom stereocenters. The number of benzene rings is 1. The summed E-state index contributed by atoms with van der Waals surface area (Å²) in [7, 11) is -3.70. The molecule has 1 aromatic carbocycles. The Kier molecular flexibility index (Phi) is 5.01. The summed E-state index contributed by atoms with van der Waals surface area (Å²) in [4.78, 5) is 18.5. The van der Waals surface area contributed by atoms with Crippen LogP contribution in [0, 0.1) is 10.1 Å². The van der Waals surface area contributed by atoms with Crippen LogP contribution in [-0.4, -0.2) is 50.8 Å². The normalized spacial score (nSPS) is 15.2. The van der Waals surface area contributed by atoms with Crippen molar-refractivity contribution in [3.05, 3.63) is 51.8 Å². The minimum atomic E-state index is -3.70. The van der Waals surface area contributed by atoms with E-state index in [2.05, 4.69) is 9.88 Å². The van der Waals surface area contributed by atoms with Crippen molar-refractivity contribution >= 4 is 38.5 Å². The summed E-state index contributed by atoms with van der Waals surface area (Å²) in [6.45, 7) is 2.22. The van der Waals surface area contributed by atoms with Crippen molar-refractivity contribution < 1.29 is 13.3 Å². The highest BCUT2D eigenvalue weighted by Gasteiger charge is 2.30. The van der Waals surface area contributed by atoms with Crippen molar-refractivity contribution in [2.45, 2.75) is 4.90 Å². The van der Waals surface area contributed by atoms with E-state index in [-0.39, 0.29) is 10.6 Å². The monoisotopic (exact) mass is 396 g/mol. The first-order valence-corrected chi connectivity index (χ1v) is 10.1. The van der Waals surface area contributed by atoms with Crippen LogP contribution in [0.25, 0.3) is 0 Å². The average molecular weight is 397 g/mol. The van der Waals surface area contributed by atoms with Crippen LogP contribution < -0.4 is 9.80 Å². The van der Waals surface area contributed by atoms with Crippen molar-refractivity contribution in [1.29, 1.82) is 0 Å². The maximum atomic E-state index is 11.9. The van der Waals surface area contributed by atoms with Gasteiger partial charge in [-0.2, -0.15) is 0 Å². The van der Waals surface area contributed by atoms with Gasteiger partial charge in [0.2, 0.25) is 0 Å². The second-order valence-electron chi connectivity index (χ2n) is 5.95. The molecule has 1 aromatic heterocycles. The van der Waals surface area contributed by atoms with Crippen LogP contribution in [0.2, 0.25) is 5.02 Å². The van der Waals surface area contributed by atoms with Gasteiger partial charge in [-0.25, -0.2) is 8.42 Å². The number of hydrogen-bond donors (Lipinski definition) is 0. The SMILES string of the molecule is CS(=O)(=O)c1cccc(N2CCN(c3ccncc3Cl)CC2)c1[N+](=O)[O-]. The van der Waals surface area contributed by atoms with E-state index in [0.717, 1.165) is 11.9 Å². The van der Waals surface area contributed by atoms with Gasteiger partial charge < -0.3 is 9.80 Å². The van der Waals surface area contributed by atoms with E-state index >= 15 is 0 Å². The smallest absolute Gasteiger partial charge is 0.311 e. The lowest BCUT2D eigenvalue weighted by atomic mass is 10.2. The number of aromatic nitrogens is 1. The number of hydrogen-bond acceptors (Lipinski definition) is 7. The molecule has 0 amide bonds. The van der Waals surface area contributed by atoms with Crippen LogP contribution in [0.15, 0.2) is 41.6 Å². The average Bonchev–Trinajstić information content (AvgIpc) is 2.61. The first-order valence-electron chi connectivity index (χ1n) is 7.86. The zero-order chi connectivity index (χ0) is 18.9. The van der Waals surface area contributed by atoms with Crippen molar-refractivity contribution in [1.82, 2.24) is 4.98 Å². The molecule has 0 radical (unpaired) electrons. The van der Waals surface area contributed by atoms with E-state index < -0.39 is 14.8 Å². The van der Waals surface area contributed by atoms with Crippen molar-refractivity contribution in [2.24, 2.45) is 0 Å². The quantitative estimate of drug-likeness (QED) is 0.578. The molecule has 1 aliphatic heterocycles. The van der Waals surface area contributed by atoms with Gasteiger partial charge in [0.05, 0.1) is 15.6 Å². The second-order valence-corrected chi connectivity index (χ2v) is 8.35. The van der Waals surface area contributed by atoms with Gasteiger partial charge >= 0.3 is 5.69 Å². The summed E-state index contributed by atoms with van der Waals surface area (Å²) < 4.78 is 23.8. The van der Waals surface area contributed by atoms with Crippen molar-refractivity contribution in [3.63, 3.8) is 0 Å². The van der Waals surface area contributed by atoms with E-state index in [9.17, 15) is 18.5 Å². The fourth-order valence-corrected chi connectivity index (χ4v) is 4.16. The third-order valence-corrected chi connectivity index (χ3v) is 5.69. The Balaban J connectivity index is 1.88. The lowest BCUT2D eigenvalue weighted by Crippen LogP contribution is -2.46. The molecule has 3 rings (SSSR count). The molecule has 138 valence electrons. The van der Waals surface area contributed by atoms with E-state index in [1.807, 2.05) is 11.0 Å². The summed E-state index contributed by atoms with van der Waals surface area (Å²) >= 11 is 6.17. The molecule has 0 spiro atoms. The Labute approximate surface area is 156 Å². The molecular formula is C16H17ClN4O4S. The molecule has 0 N–H and O–H groups in total. The topological polar surface area (TPSA) is 96.7 Å². The van der Waals surface area contributed by atoms with Gasteiger partial charge in [-0.1, -0.05) is 17.7 Å². The van der Waals surface area contributed by atoms with Crippen LogP contribution in [0.4, 0.5) is 17.1 Å². The maximum Gasteiger partial charge on any atom is 0.311 e. The number of nitro groups is 1. The Bertz CT molecular complexity index is 943. The molecule has 0 bridgehead atoms. The van der Waals surface area contributed by atoms with Gasteiger partial charge in [0.25, 0.3) is 0 Å². The van der Waals surface area contributed by atoms with Gasteiger partial charge in [0.1, 0.15) is 10.6 Å². The van der Waals surface area contributed by atoms with E-state index in [1.54, 1.807) is 18.5 Å². The first-order chi connectivity index (χ1) is 12.3. The number of piperazine rings is 1. The highest BCUT2D eigenvalue weighted by atomic mass is 35.5. The highest BCUT2D eigenvalue weighted by molar-refractivity contribution is 7.90. The molecule has 26 heavy (non-hydrogen) atoms. The Morgan fingerprint density at radius 1 is 1.12 bits per heavy atom. The van der Waals surface area contributed by atoms with Gasteiger partial charge in [0.15, 0.2) is 9.84 Å². The molecular weight excluding hydrogens is 380 g/mol. The number of pyridine rings is 1. The molecule has 1 aliphatic rings. The number of anilines is 2. The number of rotatable bonds is 4. The van der Waals surface area contributed by atoms with E-state index in [4.69, 9.17) is 11.6 Å². The Morgan fingerprint density at radius 2 is 1.73 bits per heavy atom. The largest absolute Gasteiger partial charge is 0.367 e. The lowest BCUT2D eigenvalue weighted by molar-refractivity contribution is -0.387. The van der Waals surface area contributed by atoms with Crippen LogP contribution in [0.1, 0.15) is 0 Å². The molecule has 0 aliphatic carbocycles. The minimum absolute atomic E-state index is 0.264. The molecule has 8 nitrogen and oxygen atoms in total. The first kappa shape index (κ1) is 18.4. The summed E-state index contributed by atoms with van der Waals surface area (Å²) in [5.74, 6) is 0. The molecule has 1 fully saturated rings. The minimum Gasteiger partial charge on any atom is -0.367 e. The number of para-hydroxylation sites is 1. The number of nitrogens with zero attached hydrogens (tertiary/aromatic N) is 4. The van der Waals surface area contributed by atoms with Crippen LogP contribution in [0.3, 0.4) is 0 Å². The van der Waals surface area contributed by atoms with E-state index in [0.29, 0.717) is 36.9 Å². The predicted molar refractivity (Wildman–Crippen MR) is 99.9 cm³/mol. The molecule has 2 aromatic rings. The zero-order valence-corrected chi connectivity index (χ0v) is 15.6. The van der Waals surface area contributed by atoms with Gasteiger partial charge in [0, 0.05) is 44.8 Å². The fraction of sp³-hybridized carbons (Fsp3) is 0.312. The molecule has 2 heterocycles. The number of nitro benzene ring substituents is 1. The number of halogens is 1. The van der Waals surface area contributed by atoms with Gasteiger partial charge in [-0.3, -0.25) is 15.1 Å². The third-order valence-electron chi connectivity index (χ3n) is 4.27. The van der Waals surface area contributed by atoms with E-state index in [1.165, 1.54) is 12.1 Å². The summed E-state index contributed by atoms with van der Waals surface area (Å²) in [6, 6.07) is 6.21. The van der Waals surface area contributed by atoms with Gasteiger partial charge in [-0.05, 0) is 18.2 Å². The van der Waals surface area contributed by atoms with Crippen molar-refractivity contribution in [2.75, 3.05) is 42.2 Å². The van der Waals surface area contributed by atoms with Crippen LogP contribution in [0.5, 0.6) is 0 Å². The lowest BCUT2D eigenvalue weighted by Gasteiger charge is -2.37. The third kappa shape index (κ3) is 3.58. The van der Waals surface area contributed by atoms with Crippen molar-refractivity contribution in [3.8, 4) is 0 Å². The van der Waals surface area contributed by atoms with Gasteiger partial charge in [-0.15, -0.1) is 0 Å². The second kappa shape index (κ2) is 7.08. The zero-order valence-electron chi connectivity index (χ0n) is 14.0. The molecule has 0 saturated carbocycles. The Hall–Kier alpha value is -2.39. The number of sulfone groups is 1. The predicted octanol–water partition coefficient (Wildman–Crippen LogP) is 2.37. The molecule has 1 saturated heterocycles. The van der Waals surface area contributed by atoms with Crippen LogP contribution >= 0.6 is 11.6 Å². The fourth-order valence-electron chi connectivity index (χ4n) is 3.06. The van der Waals surface area contributed by atoms with Crippen LogP contribution in [-0.2, 0) is 9.84 Å². The summed E-state index contributed by atoms with van der Waals surface area (Å²) in [5.41, 5.74) is 0.810. The molecule has 10 heteroatoms. The maximum absolute atomic E-state index is 11.9. The standard InChI is InChI=1S/C16H17ClN4O4S/c1-26(24,25)15-4-2-3-14(16(15)21(22)23)20-9-7-19(8-10-20)13-5-6-18-11-12(13)17/h2-6,11H,7-10H2,1H3. The summed E-state index contributed by atoms with van der Waals surface area (Å²) in [6.07, 6.45) is 4.21. The molecule has 0 unspecified atom stereocenters.